The maximum Gasteiger partial charge on any atom is 0.408 e. The van der Waals surface area contributed by atoms with E-state index in [0.29, 0.717) is 10.9 Å². The van der Waals surface area contributed by atoms with Crippen LogP contribution in [0.3, 0.4) is 0 Å². The second-order valence-corrected chi connectivity index (χ2v) is 3.09. The molecule has 1 N–H and O–H groups in total. The summed E-state index contributed by atoms with van der Waals surface area (Å²) in [7, 11) is 1.45. The van der Waals surface area contributed by atoms with Crippen molar-refractivity contribution in [3.8, 4) is 0 Å². The van der Waals surface area contributed by atoms with Crippen LogP contribution >= 0.6 is 0 Å². The third-order valence-electron chi connectivity index (χ3n) is 2.10. The van der Waals surface area contributed by atoms with Crippen molar-refractivity contribution in [1.29, 1.82) is 0 Å². The standard InChI is InChI=1S/C10H10N2O4/c1-11-10(14)15-6-12-8-5-3-2-4-7(8)9(13)16-12/h2-5H,6H2,1H3,(H,11,14). The number of fused-ring (bicyclic) bond motifs is 1. The van der Waals surface area contributed by atoms with Gasteiger partial charge in [0.2, 0.25) is 0 Å². The zero-order chi connectivity index (χ0) is 11.5. The summed E-state index contributed by atoms with van der Waals surface area (Å²) < 4.78 is 10.9. The van der Waals surface area contributed by atoms with Crippen molar-refractivity contribution in [3.05, 3.63) is 34.7 Å². The van der Waals surface area contributed by atoms with Crippen molar-refractivity contribution in [2.45, 2.75) is 6.73 Å². The van der Waals surface area contributed by atoms with E-state index in [1.807, 2.05) is 0 Å². The highest BCUT2D eigenvalue weighted by molar-refractivity contribution is 5.77. The lowest BCUT2D eigenvalue weighted by atomic mass is 10.3. The lowest BCUT2D eigenvalue weighted by Crippen LogP contribution is -2.20. The summed E-state index contributed by atoms with van der Waals surface area (Å²) in [4.78, 5) is 22.2. The first-order valence-electron chi connectivity index (χ1n) is 4.65. The molecule has 16 heavy (non-hydrogen) atoms. The predicted molar refractivity (Wildman–Crippen MR) is 56.0 cm³/mol. The number of amides is 1. The predicted octanol–water partition coefficient (Wildman–Crippen LogP) is 0.908. The number of hydrogen-bond acceptors (Lipinski definition) is 4. The fourth-order valence-electron chi connectivity index (χ4n) is 1.35. The molecule has 0 radical (unpaired) electrons. The van der Waals surface area contributed by atoms with E-state index in [2.05, 4.69) is 5.32 Å². The fourth-order valence-corrected chi connectivity index (χ4v) is 1.35. The molecule has 2 rings (SSSR count). The summed E-state index contributed by atoms with van der Waals surface area (Å²) in [6, 6.07) is 6.88. The molecule has 84 valence electrons. The van der Waals surface area contributed by atoms with Crippen LogP contribution in [0.25, 0.3) is 10.9 Å². The van der Waals surface area contributed by atoms with Gasteiger partial charge in [-0.25, -0.2) is 9.59 Å². The zero-order valence-electron chi connectivity index (χ0n) is 8.60. The van der Waals surface area contributed by atoms with Crippen LogP contribution in [0.1, 0.15) is 0 Å². The Morgan fingerprint density at radius 1 is 1.50 bits per heavy atom. The molecular weight excluding hydrogens is 212 g/mol. The Bertz CT molecular complexity index is 569. The number of carbonyl (C=O) groups is 1. The summed E-state index contributed by atoms with van der Waals surface area (Å²) in [5, 5.41) is 2.76. The molecule has 0 saturated heterocycles. The lowest BCUT2D eigenvalue weighted by Gasteiger charge is -2.03. The molecule has 0 aliphatic rings. The number of aromatic nitrogens is 1. The molecule has 2 aromatic rings. The Labute approximate surface area is 90.4 Å². The van der Waals surface area contributed by atoms with Crippen LogP contribution in [0.15, 0.2) is 33.6 Å². The second-order valence-electron chi connectivity index (χ2n) is 3.09. The topological polar surface area (TPSA) is 73.5 Å². The van der Waals surface area contributed by atoms with Gasteiger partial charge in [0.15, 0.2) is 6.73 Å². The number of nitrogens with zero attached hydrogens (tertiary/aromatic N) is 1. The van der Waals surface area contributed by atoms with Crippen molar-refractivity contribution < 1.29 is 14.1 Å². The highest BCUT2D eigenvalue weighted by atomic mass is 16.6. The Balaban J connectivity index is 2.31. The first-order valence-corrected chi connectivity index (χ1v) is 4.65. The number of carbonyl (C=O) groups excluding carboxylic acids is 1. The van der Waals surface area contributed by atoms with E-state index in [4.69, 9.17) is 9.26 Å². The van der Waals surface area contributed by atoms with E-state index >= 15 is 0 Å². The molecule has 0 bridgehead atoms. The van der Waals surface area contributed by atoms with E-state index < -0.39 is 11.7 Å². The maximum absolute atomic E-state index is 11.4. The third kappa shape index (κ3) is 1.77. The van der Waals surface area contributed by atoms with E-state index in [1.165, 1.54) is 11.8 Å². The summed E-state index contributed by atoms with van der Waals surface area (Å²) in [6.45, 7) is -0.136. The largest absolute Gasteiger partial charge is 0.425 e. The van der Waals surface area contributed by atoms with Crippen LogP contribution in [0.4, 0.5) is 4.79 Å². The Hall–Kier alpha value is -2.24. The number of para-hydroxylation sites is 1. The summed E-state index contributed by atoms with van der Waals surface area (Å²) >= 11 is 0. The SMILES string of the molecule is CNC(=O)OCn1oc(=O)c2ccccc21. The normalized spacial score (nSPS) is 10.3. The van der Waals surface area contributed by atoms with Crippen LogP contribution in [0, 0.1) is 0 Å². The van der Waals surface area contributed by atoms with Gasteiger partial charge in [-0.05, 0) is 12.1 Å². The first kappa shape index (κ1) is 10.3. The summed E-state index contributed by atoms with van der Waals surface area (Å²) in [5.41, 5.74) is 0.146. The van der Waals surface area contributed by atoms with E-state index in [1.54, 1.807) is 24.3 Å². The third-order valence-corrected chi connectivity index (χ3v) is 2.10. The number of rotatable bonds is 2. The molecule has 6 nitrogen and oxygen atoms in total. The lowest BCUT2D eigenvalue weighted by molar-refractivity contribution is 0.0702. The molecule has 1 amide bonds. The number of nitrogens with one attached hydrogen (secondary N) is 1. The monoisotopic (exact) mass is 222 g/mol. The van der Waals surface area contributed by atoms with Crippen LogP contribution in [0.2, 0.25) is 0 Å². The second kappa shape index (κ2) is 4.09. The molecule has 0 spiro atoms. The Morgan fingerprint density at radius 2 is 2.25 bits per heavy atom. The molecule has 0 aliphatic carbocycles. The van der Waals surface area contributed by atoms with Crippen molar-refractivity contribution >= 4 is 17.0 Å². The molecule has 0 fully saturated rings. The number of alkyl carbamates (subject to hydrolysis) is 1. The van der Waals surface area contributed by atoms with Gasteiger partial charge < -0.3 is 14.6 Å². The number of benzene rings is 1. The van der Waals surface area contributed by atoms with Gasteiger partial charge in [-0.2, -0.15) is 4.74 Å². The quantitative estimate of drug-likeness (QED) is 0.819. The molecule has 6 heteroatoms. The minimum atomic E-state index is -0.583. The zero-order valence-corrected chi connectivity index (χ0v) is 8.60. The van der Waals surface area contributed by atoms with Gasteiger partial charge in [0.1, 0.15) is 0 Å². The maximum atomic E-state index is 11.4. The molecule has 0 atom stereocenters. The molecular formula is C10H10N2O4. The van der Waals surface area contributed by atoms with Gasteiger partial charge >= 0.3 is 11.7 Å². The van der Waals surface area contributed by atoms with Crippen LogP contribution in [-0.2, 0) is 11.5 Å². The molecule has 0 unspecified atom stereocenters. The fraction of sp³-hybridized carbons (Fsp3) is 0.200. The van der Waals surface area contributed by atoms with Gasteiger partial charge in [0, 0.05) is 7.05 Å². The molecule has 1 aromatic carbocycles. The molecule has 1 heterocycles. The van der Waals surface area contributed by atoms with Crippen LogP contribution in [0.5, 0.6) is 0 Å². The average Bonchev–Trinajstić information content (AvgIpc) is 2.64. The Kier molecular flexibility index (Phi) is 2.63. The van der Waals surface area contributed by atoms with Gasteiger partial charge in [0.25, 0.3) is 0 Å². The highest BCUT2D eigenvalue weighted by Gasteiger charge is 2.08. The summed E-state index contributed by atoms with van der Waals surface area (Å²) in [6.07, 6.45) is -0.583. The molecule has 0 saturated carbocycles. The van der Waals surface area contributed by atoms with Gasteiger partial charge in [-0.1, -0.05) is 12.1 Å². The number of ether oxygens (including phenoxy) is 1. The van der Waals surface area contributed by atoms with Gasteiger partial charge in [0.05, 0.1) is 10.9 Å². The minimum absolute atomic E-state index is 0.136. The van der Waals surface area contributed by atoms with E-state index in [-0.39, 0.29) is 6.73 Å². The first-order chi connectivity index (χ1) is 7.72. The minimum Gasteiger partial charge on any atom is -0.425 e. The molecule has 0 aliphatic heterocycles. The van der Waals surface area contributed by atoms with Crippen LogP contribution < -0.4 is 10.9 Å². The number of hydrogen-bond donors (Lipinski definition) is 1. The van der Waals surface area contributed by atoms with Gasteiger partial charge in [-0.3, -0.25) is 0 Å². The van der Waals surface area contributed by atoms with E-state index in [0.717, 1.165) is 0 Å². The molecule has 1 aromatic heterocycles. The van der Waals surface area contributed by atoms with Crippen LogP contribution in [-0.4, -0.2) is 17.9 Å². The van der Waals surface area contributed by atoms with Crippen molar-refractivity contribution in [2.75, 3.05) is 7.05 Å². The van der Waals surface area contributed by atoms with Crippen molar-refractivity contribution in [2.24, 2.45) is 0 Å². The average molecular weight is 222 g/mol. The van der Waals surface area contributed by atoms with Crippen molar-refractivity contribution in [3.63, 3.8) is 0 Å². The van der Waals surface area contributed by atoms with Gasteiger partial charge in [-0.15, -0.1) is 0 Å². The highest BCUT2D eigenvalue weighted by Crippen LogP contribution is 2.10. The summed E-state index contributed by atoms with van der Waals surface area (Å²) in [5.74, 6) is 0. The smallest absolute Gasteiger partial charge is 0.408 e. The van der Waals surface area contributed by atoms with E-state index in [9.17, 15) is 9.59 Å². The van der Waals surface area contributed by atoms with Crippen molar-refractivity contribution in [1.82, 2.24) is 10.1 Å². The Morgan fingerprint density at radius 3 is 3.00 bits per heavy atom.